The van der Waals surface area contributed by atoms with Crippen LogP contribution < -0.4 is 20.2 Å². The number of amides is 2. The molecular weight excluding hydrogens is 418 g/mol. The van der Waals surface area contributed by atoms with Crippen LogP contribution in [0.5, 0.6) is 11.5 Å². The van der Waals surface area contributed by atoms with Gasteiger partial charge in [0.2, 0.25) is 12.3 Å². The Labute approximate surface area is 192 Å². The van der Waals surface area contributed by atoms with E-state index in [2.05, 4.69) is 10.7 Å². The van der Waals surface area contributed by atoms with Crippen LogP contribution in [0, 0.1) is 6.92 Å². The predicted molar refractivity (Wildman–Crippen MR) is 125 cm³/mol. The monoisotopic (exact) mass is 444 g/mol. The summed E-state index contributed by atoms with van der Waals surface area (Å²) in [4.78, 5) is 26.0. The van der Waals surface area contributed by atoms with Crippen molar-refractivity contribution in [3.8, 4) is 11.5 Å². The molecule has 0 spiro atoms. The topological polar surface area (TPSA) is 79.7 Å². The van der Waals surface area contributed by atoms with Gasteiger partial charge in [0.1, 0.15) is 11.5 Å². The van der Waals surface area contributed by atoms with Crippen LogP contribution in [-0.2, 0) is 4.79 Å². The highest BCUT2D eigenvalue weighted by Crippen LogP contribution is 2.28. The van der Waals surface area contributed by atoms with E-state index in [0.29, 0.717) is 17.1 Å². The highest BCUT2D eigenvalue weighted by molar-refractivity contribution is 5.98. The van der Waals surface area contributed by atoms with E-state index in [0.717, 1.165) is 16.7 Å². The zero-order valence-electron chi connectivity index (χ0n) is 18.7. The van der Waals surface area contributed by atoms with E-state index in [1.165, 1.54) is 0 Å². The number of carbonyl (C=O) groups is 2. The number of hydrogen-bond acceptors (Lipinski definition) is 4. The molecule has 1 aliphatic rings. The molecule has 3 aromatic carbocycles. The molecule has 0 bridgehead atoms. The number of nitrogens with one attached hydrogen (secondary N) is 2. The van der Waals surface area contributed by atoms with Crippen LogP contribution in [0.2, 0.25) is 0 Å². The minimum atomic E-state index is -0.808. The van der Waals surface area contributed by atoms with Gasteiger partial charge < -0.3 is 14.8 Å². The summed E-state index contributed by atoms with van der Waals surface area (Å²) in [7, 11) is 3.20. The standard InChI is InChI=1S/C26H25N3O4/c1-17-7-6-9-19(15-17)25(30)27-23-24(18-11-13-21(32-2)14-12-18)29(28-26(23)31)16-20-8-4-5-10-22(20)33-3/h4-16,23-24H,1-3H3,(H-,27,28,30,31)/p+1/b29-16-/t23-,24+/m0/s1. The molecule has 0 aromatic heterocycles. The van der Waals surface area contributed by atoms with Gasteiger partial charge in [-0.3, -0.25) is 9.59 Å². The molecule has 1 heterocycles. The van der Waals surface area contributed by atoms with Crippen molar-refractivity contribution in [2.45, 2.75) is 19.0 Å². The average Bonchev–Trinajstić information content (AvgIpc) is 3.13. The summed E-state index contributed by atoms with van der Waals surface area (Å²) < 4.78 is 12.4. The maximum Gasteiger partial charge on any atom is 0.304 e. The van der Waals surface area contributed by atoms with Crippen molar-refractivity contribution in [2.75, 3.05) is 14.2 Å². The lowest BCUT2D eigenvalue weighted by Crippen LogP contribution is -2.42. The third-order valence-electron chi connectivity index (χ3n) is 5.58. The summed E-state index contributed by atoms with van der Waals surface area (Å²) in [5, 5.41) is 2.92. The molecule has 0 radical (unpaired) electrons. The molecule has 1 aliphatic heterocycles. The zero-order valence-corrected chi connectivity index (χ0v) is 18.7. The number of benzene rings is 3. The van der Waals surface area contributed by atoms with E-state index < -0.39 is 12.1 Å². The van der Waals surface area contributed by atoms with Gasteiger partial charge in [-0.1, -0.05) is 29.8 Å². The molecule has 2 N–H and O–H groups in total. The maximum atomic E-state index is 13.0. The van der Waals surface area contributed by atoms with Gasteiger partial charge in [-0.2, -0.15) is 0 Å². The highest BCUT2D eigenvalue weighted by Gasteiger charge is 2.48. The lowest BCUT2D eigenvalue weighted by atomic mass is 9.99. The number of aryl methyl sites for hydroxylation is 1. The van der Waals surface area contributed by atoms with Crippen LogP contribution >= 0.6 is 0 Å². The van der Waals surface area contributed by atoms with E-state index in [9.17, 15) is 9.59 Å². The van der Waals surface area contributed by atoms with E-state index >= 15 is 0 Å². The molecule has 1 saturated heterocycles. The second-order valence-electron chi connectivity index (χ2n) is 7.79. The Morgan fingerprint density at radius 2 is 1.76 bits per heavy atom. The number of para-hydroxylation sites is 1. The molecule has 1 fully saturated rings. The van der Waals surface area contributed by atoms with Gasteiger partial charge in [0, 0.05) is 11.1 Å². The zero-order chi connectivity index (χ0) is 23.4. The fourth-order valence-corrected chi connectivity index (χ4v) is 3.92. The van der Waals surface area contributed by atoms with Crippen LogP contribution in [0.15, 0.2) is 72.8 Å². The Morgan fingerprint density at radius 3 is 2.45 bits per heavy atom. The second kappa shape index (κ2) is 9.56. The van der Waals surface area contributed by atoms with Gasteiger partial charge >= 0.3 is 5.91 Å². The van der Waals surface area contributed by atoms with Crippen LogP contribution in [0.3, 0.4) is 0 Å². The number of ether oxygens (including phenoxy) is 2. The predicted octanol–water partition coefficient (Wildman–Crippen LogP) is 3.03. The number of hydrazine groups is 1. The lowest BCUT2D eigenvalue weighted by molar-refractivity contribution is -0.596. The minimum Gasteiger partial charge on any atom is -0.497 e. The summed E-state index contributed by atoms with van der Waals surface area (Å²) in [6.45, 7) is 1.92. The van der Waals surface area contributed by atoms with Crippen molar-refractivity contribution in [2.24, 2.45) is 0 Å². The fraction of sp³-hybridized carbons (Fsp3) is 0.192. The number of methoxy groups -OCH3 is 2. The number of nitrogens with zero attached hydrogens (tertiary/aromatic N) is 1. The van der Waals surface area contributed by atoms with Crippen molar-refractivity contribution in [1.82, 2.24) is 10.7 Å². The smallest absolute Gasteiger partial charge is 0.304 e. The summed E-state index contributed by atoms with van der Waals surface area (Å²) in [5.74, 6) is 0.767. The van der Waals surface area contributed by atoms with Crippen molar-refractivity contribution in [3.05, 3.63) is 95.1 Å². The van der Waals surface area contributed by atoms with Crippen molar-refractivity contribution in [3.63, 3.8) is 0 Å². The molecule has 4 rings (SSSR count). The molecule has 3 aromatic rings. The van der Waals surface area contributed by atoms with Crippen LogP contribution in [0.25, 0.3) is 0 Å². The van der Waals surface area contributed by atoms with Gasteiger partial charge in [0.05, 0.1) is 19.8 Å². The quantitative estimate of drug-likeness (QED) is 0.573. The van der Waals surface area contributed by atoms with Gasteiger partial charge in [0.25, 0.3) is 5.91 Å². The van der Waals surface area contributed by atoms with E-state index in [1.54, 1.807) is 31.0 Å². The van der Waals surface area contributed by atoms with E-state index in [4.69, 9.17) is 9.47 Å². The highest BCUT2D eigenvalue weighted by atomic mass is 16.5. The molecule has 168 valence electrons. The number of rotatable bonds is 6. The average molecular weight is 445 g/mol. The fourth-order valence-electron chi connectivity index (χ4n) is 3.92. The van der Waals surface area contributed by atoms with E-state index in [1.807, 2.05) is 73.8 Å². The molecule has 2 amide bonds. The minimum absolute atomic E-state index is 0.303. The summed E-state index contributed by atoms with van der Waals surface area (Å²) in [5.41, 5.74) is 6.00. The third-order valence-corrected chi connectivity index (χ3v) is 5.58. The Hall–Kier alpha value is -4.13. The molecule has 7 nitrogen and oxygen atoms in total. The van der Waals surface area contributed by atoms with Crippen molar-refractivity contribution >= 4 is 18.0 Å². The molecule has 0 saturated carbocycles. The first-order chi connectivity index (χ1) is 16.0. The first kappa shape index (κ1) is 22.1. The number of carbonyl (C=O) groups excluding carboxylic acids is 2. The Bertz CT molecular complexity index is 1200. The molecule has 0 aliphatic carbocycles. The first-order valence-corrected chi connectivity index (χ1v) is 10.6. The molecule has 0 unspecified atom stereocenters. The molecule has 2 atom stereocenters. The Balaban J connectivity index is 1.73. The third kappa shape index (κ3) is 4.72. The second-order valence-corrected chi connectivity index (χ2v) is 7.79. The summed E-state index contributed by atoms with van der Waals surface area (Å²) in [6, 6.07) is 20.9. The van der Waals surface area contributed by atoms with Gasteiger partial charge in [-0.05, 0) is 55.5 Å². The van der Waals surface area contributed by atoms with Crippen LogP contribution in [0.4, 0.5) is 0 Å². The van der Waals surface area contributed by atoms with Gasteiger partial charge in [-0.25, -0.2) is 0 Å². The van der Waals surface area contributed by atoms with Gasteiger partial charge in [0.15, 0.2) is 6.04 Å². The molecular formula is C26H26N3O4+. The first-order valence-electron chi connectivity index (χ1n) is 10.6. The largest absolute Gasteiger partial charge is 0.497 e. The lowest BCUT2D eigenvalue weighted by Gasteiger charge is -2.15. The molecule has 33 heavy (non-hydrogen) atoms. The maximum absolute atomic E-state index is 13.0. The number of hydrazone groups is 1. The Kier molecular flexibility index (Phi) is 6.40. The van der Waals surface area contributed by atoms with Gasteiger partial charge in [-0.15, -0.1) is 10.1 Å². The van der Waals surface area contributed by atoms with E-state index in [-0.39, 0.29) is 11.8 Å². The van der Waals surface area contributed by atoms with Crippen LogP contribution in [0.1, 0.15) is 33.1 Å². The van der Waals surface area contributed by atoms with Crippen molar-refractivity contribution < 1.29 is 23.7 Å². The summed E-state index contributed by atoms with van der Waals surface area (Å²) >= 11 is 0. The SMILES string of the molecule is COc1ccc([C@@H]2[C@H](NC(=O)c3cccc(C)c3)C(=O)N/[N+]2=C\c2ccccc2OC)cc1. The van der Waals surface area contributed by atoms with Crippen molar-refractivity contribution in [1.29, 1.82) is 0 Å². The normalized spacial score (nSPS) is 18.6. The number of hydrogen-bond donors (Lipinski definition) is 2. The summed E-state index contributed by atoms with van der Waals surface area (Å²) in [6.07, 6.45) is 1.81. The Morgan fingerprint density at radius 1 is 1.00 bits per heavy atom. The van der Waals surface area contributed by atoms with Crippen LogP contribution in [-0.4, -0.2) is 43.0 Å². The molecule has 7 heteroatoms.